The summed E-state index contributed by atoms with van der Waals surface area (Å²) in [7, 11) is 0. The number of hydrogen-bond acceptors (Lipinski definition) is 3. The molecule has 0 aliphatic carbocycles. The molecule has 1 aromatic rings. The molecular formula is C12H15BrClF3N2O2. The quantitative estimate of drug-likeness (QED) is 0.783. The Morgan fingerprint density at radius 1 is 1.52 bits per heavy atom. The molecule has 1 unspecified atom stereocenters. The smallest absolute Gasteiger partial charge is 0.277 e. The molecule has 1 aromatic carbocycles. The molecule has 0 aliphatic rings. The van der Waals surface area contributed by atoms with E-state index in [-0.39, 0.29) is 18.2 Å². The Labute approximate surface area is 134 Å². The van der Waals surface area contributed by atoms with Crippen molar-refractivity contribution in [3.63, 3.8) is 0 Å². The summed E-state index contributed by atoms with van der Waals surface area (Å²) in [5.41, 5.74) is 4.85. The van der Waals surface area contributed by atoms with Crippen molar-refractivity contribution < 1.29 is 22.7 Å². The zero-order valence-corrected chi connectivity index (χ0v) is 13.4. The largest absolute Gasteiger partial charge is 0.480 e. The standard InChI is InChI=1S/C12H14BrF3N2O2.ClH/c1-7(11(19)18-6-12(15,16)5-17)20-10-3-2-8(14)4-9(10)13;/h2-4,7H,5-6,17H2,1H3,(H,18,19);1H. The molecule has 0 saturated carbocycles. The van der Waals surface area contributed by atoms with Gasteiger partial charge in [0.25, 0.3) is 11.8 Å². The van der Waals surface area contributed by atoms with Gasteiger partial charge in [-0.2, -0.15) is 0 Å². The van der Waals surface area contributed by atoms with Crippen molar-refractivity contribution in [3.8, 4) is 5.75 Å². The summed E-state index contributed by atoms with van der Waals surface area (Å²) >= 11 is 3.07. The van der Waals surface area contributed by atoms with Crippen LogP contribution >= 0.6 is 28.3 Å². The molecule has 21 heavy (non-hydrogen) atoms. The van der Waals surface area contributed by atoms with Crippen molar-refractivity contribution in [3.05, 3.63) is 28.5 Å². The third kappa shape index (κ3) is 6.54. The highest BCUT2D eigenvalue weighted by atomic mass is 79.9. The van der Waals surface area contributed by atoms with Gasteiger partial charge in [0.15, 0.2) is 6.10 Å². The Kier molecular flexibility index (Phi) is 8.05. The highest BCUT2D eigenvalue weighted by Gasteiger charge is 2.28. The molecule has 3 N–H and O–H groups in total. The first-order valence-corrected chi connectivity index (χ1v) is 6.52. The lowest BCUT2D eigenvalue weighted by Crippen LogP contribution is -2.45. The first kappa shape index (κ1) is 20.0. The molecule has 0 radical (unpaired) electrons. The predicted octanol–water partition coefficient (Wildman–Crippen LogP) is 2.49. The van der Waals surface area contributed by atoms with Gasteiger partial charge >= 0.3 is 0 Å². The molecule has 0 saturated heterocycles. The van der Waals surface area contributed by atoms with Gasteiger partial charge in [-0.25, -0.2) is 13.2 Å². The van der Waals surface area contributed by atoms with Crippen LogP contribution in [0, 0.1) is 5.82 Å². The van der Waals surface area contributed by atoms with Crippen LogP contribution in [0.25, 0.3) is 0 Å². The van der Waals surface area contributed by atoms with Crippen LogP contribution in [0.15, 0.2) is 22.7 Å². The molecule has 1 atom stereocenters. The summed E-state index contributed by atoms with van der Waals surface area (Å²) in [5, 5.41) is 2.04. The molecule has 0 heterocycles. The molecule has 120 valence electrons. The van der Waals surface area contributed by atoms with E-state index in [2.05, 4.69) is 15.9 Å². The van der Waals surface area contributed by atoms with Crippen molar-refractivity contribution >= 4 is 34.2 Å². The number of alkyl halides is 2. The van der Waals surface area contributed by atoms with Crippen LogP contribution in [-0.2, 0) is 4.79 Å². The summed E-state index contributed by atoms with van der Waals surface area (Å²) in [5.74, 6) is -4.11. The number of rotatable bonds is 6. The minimum atomic E-state index is -3.16. The van der Waals surface area contributed by atoms with E-state index in [0.29, 0.717) is 4.47 Å². The third-order valence-electron chi connectivity index (χ3n) is 2.39. The van der Waals surface area contributed by atoms with E-state index in [9.17, 15) is 18.0 Å². The SMILES string of the molecule is CC(Oc1ccc(F)cc1Br)C(=O)NCC(F)(F)CN.Cl. The van der Waals surface area contributed by atoms with Crippen molar-refractivity contribution in [1.29, 1.82) is 0 Å². The maximum atomic E-state index is 12.9. The zero-order valence-electron chi connectivity index (χ0n) is 11.0. The number of carbonyl (C=O) groups is 1. The Morgan fingerprint density at radius 2 is 2.14 bits per heavy atom. The monoisotopic (exact) mass is 390 g/mol. The van der Waals surface area contributed by atoms with E-state index in [1.807, 2.05) is 5.32 Å². The van der Waals surface area contributed by atoms with E-state index < -0.39 is 36.8 Å². The molecule has 0 aliphatic heterocycles. The van der Waals surface area contributed by atoms with E-state index in [1.54, 1.807) is 0 Å². The Bertz CT molecular complexity index is 492. The fraction of sp³-hybridized carbons (Fsp3) is 0.417. The Balaban J connectivity index is 0.00000400. The van der Waals surface area contributed by atoms with Gasteiger partial charge in [0.05, 0.1) is 17.6 Å². The first-order chi connectivity index (χ1) is 9.25. The molecule has 1 rings (SSSR count). The number of nitrogens with two attached hydrogens (primary N) is 1. The van der Waals surface area contributed by atoms with Crippen LogP contribution in [0.5, 0.6) is 5.75 Å². The van der Waals surface area contributed by atoms with E-state index >= 15 is 0 Å². The lowest BCUT2D eigenvalue weighted by Gasteiger charge is -2.18. The number of nitrogens with one attached hydrogen (secondary N) is 1. The minimum absolute atomic E-state index is 0. The average molecular weight is 392 g/mol. The molecule has 1 amide bonds. The van der Waals surface area contributed by atoms with Crippen LogP contribution < -0.4 is 15.8 Å². The van der Waals surface area contributed by atoms with Crippen LogP contribution in [0.3, 0.4) is 0 Å². The second-order valence-electron chi connectivity index (χ2n) is 4.11. The number of carbonyl (C=O) groups excluding carboxylic acids is 1. The van der Waals surface area contributed by atoms with Gasteiger partial charge in [0, 0.05) is 0 Å². The number of amides is 1. The topological polar surface area (TPSA) is 64.3 Å². The lowest BCUT2D eigenvalue weighted by molar-refractivity contribution is -0.129. The zero-order chi connectivity index (χ0) is 15.3. The second kappa shape index (κ2) is 8.45. The van der Waals surface area contributed by atoms with Crippen LogP contribution in [0.2, 0.25) is 0 Å². The fourth-order valence-electron chi connectivity index (χ4n) is 1.25. The van der Waals surface area contributed by atoms with E-state index in [1.165, 1.54) is 19.1 Å². The van der Waals surface area contributed by atoms with Crippen molar-refractivity contribution in [2.24, 2.45) is 5.73 Å². The van der Waals surface area contributed by atoms with Crippen LogP contribution in [0.4, 0.5) is 13.2 Å². The molecule has 0 spiro atoms. The molecule has 0 aromatic heterocycles. The highest BCUT2D eigenvalue weighted by Crippen LogP contribution is 2.26. The van der Waals surface area contributed by atoms with Gasteiger partial charge in [-0.1, -0.05) is 0 Å². The van der Waals surface area contributed by atoms with Gasteiger partial charge in [-0.3, -0.25) is 4.79 Å². The number of ether oxygens (including phenoxy) is 1. The number of benzene rings is 1. The summed E-state index contributed by atoms with van der Waals surface area (Å²) in [6, 6.07) is 3.66. The molecule has 0 fully saturated rings. The molecule has 4 nitrogen and oxygen atoms in total. The Hall–Kier alpha value is -0.990. The van der Waals surface area contributed by atoms with Crippen LogP contribution in [-0.4, -0.2) is 31.0 Å². The van der Waals surface area contributed by atoms with E-state index in [0.717, 1.165) is 6.07 Å². The predicted molar refractivity (Wildman–Crippen MR) is 78.4 cm³/mol. The maximum absolute atomic E-state index is 12.9. The van der Waals surface area contributed by atoms with Gasteiger partial charge in [0.2, 0.25) is 0 Å². The summed E-state index contributed by atoms with van der Waals surface area (Å²) in [6.45, 7) is -0.321. The number of hydrogen-bond donors (Lipinski definition) is 2. The summed E-state index contributed by atoms with van der Waals surface area (Å²) in [4.78, 5) is 11.6. The fourth-order valence-corrected chi connectivity index (χ4v) is 1.69. The Morgan fingerprint density at radius 3 is 2.67 bits per heavy atom. The summed E-state index contributed by atoms with van der Waals surface area (Å²) in [6.07, 6.45) is -1.01. The van der Waals surface area contributed by atoms with E-state index in [4.69, 9.17) is 10.5 Å². The maximum Gasteiger partial charge on any atom is 0.277 e. The van der Waals surface area contributed by atoms with Gasteiger partial charge in [0.1, 0.15) is 11.6 Å². The van der Waals surface area contributed by atoms with Crippen molar-refractivity contribution in [2.45, 2.75) is 19.0 Å². The van der Waals surface area contributed by atoms with Gasteiger partial charge < -0.3 is 15.8 Å². The highest BCUT2D eigenvalue weighted by molar-refractivity contribution is 9.10. The average Bonchev–Trinajstić information content (AvgIpc) is 2.39. The summed E-state index contributed by atoms with van der Waals surface area (Å²) < 4.78 is 44.2. The van der Waals surface area contributed by atoms with Gasteiger partial charge in [-0.05, 0) is 41.1 Å². The molecule has 9 heteroatoms. The first-order valence-electron chi connectivity index (χ1n) is 5.72. The normalized spacial score (nSPS) is 12.3. The molecule has 0 bridgehead atoms. The van der Waals surface area contributed by atoms with Crippen molar-refractivity contribution in [2.75, 3.05) is 13.1 Å². The van der Waals surface area contributed by atoms with Crippen molar-refractivity contribution in [1.82, 2.24) is 5.32 Å². The number of halogens is 5. The third-order valence-corrected chi connectivity index (χ3v) is 3.01. The minimum Gasteiger partial charge on any atom is -0.480 e. The second-order valence-corrected chi connectivity index (χ2v) is 4.97. The molecular weight excluding hydrogens is 376 g/mol. The van der Waals surface area contributed by atoms with Gasteiger partial charge in [-0.15, -0.1) is 12.4 Å². The van der Waals surface area contributed by atoms with Crippen LogP contribution in [0.1, 0.15) is 6.92 Å². The lowest BCUT2D eigenvalue weighted by atomic mass is 10.3.